The number of hydrogen-bond donors (Lipinski definition) is 1. The van der Waals surface area contributed by atoms with Gasteiger partial charge < -0.3 is 0 Å². The van der Waals surface area contributed by atoms with Crippen molar-refractivity contribution in [2.45, 2.75) is 37.5 Å². The van der Waals surface area contributed by atoms with Crippen LogP contribution in [-0.4, -0.2) is 0 Å². The molecule has 0 aliphatic heterocycles. The number of benzene rings is 1. The molecule has 22 heavy (non-hydrogen) atoms. The zero-order valence-electron chi connectivity index (χ0n) is 13.7. The first-order valence-electron chi connectivity index (χ1n) is 6.81. The van der Waals surface area contributed by atoms with Crippen LogP contribution in [0.2, 0.25) is 36.2 Å². The van der Waals surface area contributed by atoms with Crippen LogP contribution in [-0.2, 0) is 14.0 Å². The maximum absolute atomic E-state index is 5.65. The van der Waals surface area contributed by atoms with Gasteiger partial charge in [0.1, 0.15) is 0 Å². The van der Waals surface area contributed by atoms with E-state index in [-0.39, 0.29) is 24.8 Å². The molecule has 0 radical (unpaired) electrons. The predicted octanol–water partition coefficient (Wildman–Crippen LogP) is 8.42. The van der Waals surface area contributed by atoms with E-state index in [1.807, 2.05) is 0 Å². The number of halogens is 4. The molecule has 1 aromatic carbocycles. The quantitative estimate of drug-likeness (QED) is 0.329. The first kappa shape index (κ1) is 25.2. The van der Waals surface area contributed by atoms with Gasteiger partial charge in [-0.25, -0.2) is 0 Å². The first-order valence-corrected chi connectivity index (χ1v) is 16.6. The number of thiol groups is 1. The fourth-order valence-electron chi connectivity index (χ4n) is 1.86. The Hall–Kier alpha value is 0.924. The molecule has 0 spiro atoms. The normalized spacial score (nSPS) is 16.1. The number of allylic oxidation sites excluding steroid dienone is 4. The summed E-state index contributed by atoms with van der Waals surface area (Å²) in [7, 11) is 0. The third kappa shape index (κ3) is 8.15. The number of rotatable bonds is 1. The molecule has 0 heterocycles. The van der Waals surface area contributed by atoms with Gasteiger partial charge >= 0.3 is 68.7 Å². The molecule has 0 nitrogen and oxygen atoms in total. The van der Waals surface area contributed by atoms with Gasteiger partial charge in [0.15, 0.2) is 0 Å². The minimum absolute atomic E-state index is 0. The summed E-state index contributed by atoms with van der Waals surface area (Å²) in [6.07, 6.45) is 7.98. The molecule has 6 heteroatoms. The van der Waals surface area contributed by atoms with Crippen molar-refractivity contribution >= 4 is 60.6 Å². The van der Waals surface area contributed by atoms with Gasteiger partial charge in [0.25, 0.3) is 0 Å². The molecule has 128 valence electrons. The van der Waals surface area contributed by atoms with E-state index in [1.165, 1.54) is 6.42 Å². The second kappa shape index (κ2) is 7.87. The van der Waals surface area contributed by atoms with E-state index in [9.17, 15) is 0 Å². The van der Waals surface area contributed by atoms with E-state index in [0.717, 1.165) is 0 Å². The van der Waals surface area contributed by atoms with Crippen LogP contribution in [0.4, 0.5) is 0 Å². The molecule has 0 bridgehead atoms. The van der Waals surface area contributed by atoms with Crippen molar-refractivity contribution in [3.63, 3.8) is 0 Å². The standard InChI is InChI=1S/C6H4Cl2S.C5H5.5CH3.2ClH.Ti/c7-4-2-1-3-5(8)6(4)9;1-2-4-5-3-1;;;;;;;;/h1-3,9H;1-3H,4H2;5*1H3;2*1H;. The summed E-state index contributed by atoms with van der Waals surface area (Å²) in [4.78, 5) is 0.640. The molecule has 0 saturated heterocycles. The average Bonchev–Trinajstić information content (AvgIpc) is 2.78. The Kier molecular flexibility index (Phi) is 9.00. The summed E-state index contributed by atoms with van der Waals surface area (Å²) < 4.78 is 1.70. The van der Waals surface area contributed by atoms with E-state index in [2.05, 4.69) is 57.0 Å². The van der Waals surface area contributed by atoms with Gasteiger partial charge in [0, 0.05) is 4.90 Å². The van der Waals surface area contributed by atoms with Crippen LogP contribution in [0.5, 0.6) is 0 Å². The third-order valence-electron chi connectivity index (χ3n) is 3.31. The van der Waals surface area contributed by atoms with Gasteiger partial charge in [-0.2, -0.15) is 0 Å². The molecule has 2 rings (SSSR count). The molecule has 0 atom stereocenters. The molecule has 0 amide bonds. The zero-order chi connectivity index (χ0) is 15.7. The second-order valence-electron chi connectivity index (χ2n) is 9.14. The van der Waals surface area contributed by atoms with Gasteiger partial charge in [0.05, 0.1) is 10.0 Å². The van der Waals surface area contributed by atoms with Crippen LogP contribution in [0.3, 0.4) is 0 Å². The molecule has 1 aliphatic carbocycles. The molecule has 0 N–H and O–H groups in total. The van der Waals surface area contributed by atoms with E-state index in [0.29, 0.717) is 14.9 Å². The van der Waals surface area contributed by atoms with E-state index >= 15 is 0 Å². The van der Waals surface area contributed by atoms with Crippen LogP contribution in [0.15, 0.2) is 45.2 Å². The van der Waals surface area contributed by atoms with Gasteiger partial charge in [0.2, 0.25) is 0 Å². The minimum atomic E-state index is -2.61. The van der Waals surface area contributed by atoms with Crippen molar-refractivity contribution in [3.8, 4) is 0 Å². The van der Waals surface area contributed by atoms with E-state index in [4.69, 9.17) is 23.2 Å². The molecule has 1 aromatic rings. The summed E-state index contributed by atoms with van der Waals surface area (Å²) >= 11 is 12.7. The van der Waals surface area contributed by atoms with Crippen molar-refractivity contribution in [1.29, 1.82) is 0 Å². The monoisotopic (exact) mass is 438 g/mol. The molecule has 0 aromatic heterocycles. The van der Waals surface area contributed by atoms with Crippen LogP contribution in [0.1, 0.15) is 6.42 Å². The van der Waals surface area contributed by atoms with Gasteiger partial charge in [-0.3, -0.25) is 0 Å². The molecule has 0 fully saturated rings. The molecule has 1 aliphatic rings. The van der Waals surface area contributed by atoms with Crippen molar-refractivity contribution in [2.75, 3.05) is 0 Å². The summed E-state index contributed by atoms with van der Waals surface area (Å²) in [5.74, 6) is 0. The fraction of sp³-hybridized carbons (Fsp3) is 0.375. The van der Waals surface area contributed by atoms with Crippen LogP contribution in [0, 0.1) is 0 Å². The van der Waals surface area contributed by atoms with E-state index < -0.39 is 14.0 Å². The SMILES string of the molecule is Cl.Cl.Sc1c(Cl)cccc1Cl.[CH3][Ti]([CH3])([CH3])([CH3])([CH3])[C]1=CC=CC1. The summed E-state index contributed by atoms with van der Waals surface area (Å²) in [5, 5.41) is 13.6. The maximum atomic E-state index is 5.65. The van der Waals surface area contributed by atoms with E-state index in [1.54, 1.807) is 22.1 Å². The first-order chi connectivity index (χ1) is 8.81. The fourth-order valence-corrected chi connectivity index (χ4v) is 5.64. The average molecular weight is 440 g/mol. The molecule has 0 saturated carbocycles. The van der Waals surface area contributed by atoms with Crippen LogP contribution >= 0.6 is 60.6 Å². The Morgan fingerprint density at radius 1 is 0.955 bits per heavy atom. The van der Waals surface area contributed by atoms with Crippen LogP contribution in [0.25, 0.3) is 0 Å². The topological polar surface area (TPSA) is 0 Å². The van der Waals surface area contributed by atoms with Crippen molar-refractivity contribution in [2.24, 2.45) is 0 Å². The Morgan fingerprint density at radius 3 is 1.64 bits per heavy atom. The zero-order valence-corrected chi connectivity index (χ0v) is 19.3. The van der Waals surface area contributed by atoms with Gasteiger partial charge in [-0.15, -0.1) is 37.4 Å². The van der Waals surface area contributed by atoms with Gasteiger partial charge in [-0.1, -0.05) is 29.3 Å². The van der Waals surface area contributed by atoms with Crippen molar-refractivity contribution in [1.82, 2.24) is 0 Å². The summed E-state index contributed by atoms with van der Waals surface area (Å²) in [5.41, 5.74) is 0. The van der Waals surface area contributed by atoms with Crippen molar-refractivity contribution < 1.29 is 14.0 Å². The summed E-state index contributed by atoms with van der Waals surface area (Å²) in [6, 6.07) is 5.27. The number of hydrogen-bond acceptors (Lipinski definition) is 1. The Morgan fingerprint density at radius 2 is 1.41 bits per heavy atom. The Bertz CT molecular complexity index is 551. The van der Waals surface area contributed by atoms with Gasteiger partial charge in [-0.05, 0) is 12.1 Å². The summed E-state index contributed by atoms with van der Waals surface area (Å²) in [6.45, 7) is 0. The Labute approximate surface area is 161 Å². The predicted molar refractivity (Wildman–Crippen MR) is 109 cm³/mol. The Balaban J connectivity index is 0. The second-order valence-corrected chi connectivity index (χ2v) is 30.9. The molecular weight excluding hydrogens is 414 g/mol. The van der Waals surface area contributed by atoms with Crippen LogP contribution < -0.4 is 0 Å². The molecule has 0 unspecified atom stereocenters. The molecular formula is C16H26Cl4STi. The third-order valence-corrected chi connectivity index (χ3v) is 10.3. The van der Waals surface area contributed by atoms with Crippen molar-refractivity contribution in [3.05, 3.63) is 50.4 Å².